The summed E-state index contributed by atoms with van der Waals surface area (Å²) in [4.78, 5) is 4.07. The van der Waals surface area contributed by atoms with Crippen LogP contribution in [0.4, 0.5) is 11.5 Å². The van der Waals surface area contributed by atoms with E-state index in [0.29, 0.717) is 18.9 Å². The summed E-state index contributed by atoms with van der Waals surface area (Å²) in [6, 6.07) is 7.84. The van der Waals surface area contributed by atoms with E-state index in [1.54, 1.807) is 25.3 Å². The van der Waals surface area contributed by atoms with Crippen molar-refractivity contribution in [3.63, 3.8) is 0 Å². The second kappa shape index (κ2) is 8.54. The van der Waals surface area contributed by atoms with Gasteiger partial charge in [0.2, 0.25) is 0 Å². The van der Waals surface area contributed by atoms with Gasteiger partial charge in [0, 0.05) is 19.7 Å². The number of pyridine rings is 1. The van der Waals surface area contributed by atoms with Crippen LogP contribution in [0, 0.1) is 0 Å². The number of benzene rings is 1. The molecular formula is C16H21N3O5S. The first-order chi connectivity index (χ1) is 12.0. The fourth-order valence-corrected chi connectivity index (χ4v) is 3.24. The van der Waals surface area contributed by atoms with Gasteiger partial charge in [0.15, 0.2) is 0 Å². The van der Waals surface area contributed by atoms with Crippen LogP contribution in [0.5, 0.6) is 11.5 Å². The van der Waals surface area contributed by atoms with Crippen LogP contribution >= 0.6 is 0 Å². The molecule has 2 aromatic rings. The summed E-state index contributed by atoms with van der Waals surface area (Å²) in [5, 5.41) is 3.10. The van der Waals surface area contributed by atoms with Gasteiger partial charge in [-0.05, 0) is 24.3 Å². The Bertz CT molecular complexity index is 794. The van der Waals surface area contributed by atoms with Crippen molar-refractivity contribution in [2.45, 2.75) is 4.90 Å². The lowest BCUT2D eigenvalue weighted by Crippen LogP contribution is -2.15. The molecule has 0 bridgehead atoms. The number of hydrogen-bond donors (Lipinski definition) is 2. The first-order valence-electron chi connectivity index (χ1n) is 7.44. The molecule has 0 unspecified atom stereocenters. The highest BCUT2D eigenvalue weighted by Gasteiger charge is 2.21. The van der Waals surface area contributed by atoms with Gasteiger partial charge >= 0.3 is 0 Å². The minimum atomic E-state index is -3.88. The summed E-state index contributed by atoms with van der Waals surface area (Å²) in [6.07, 6.45) is 1.54. The number of nitrogens with zero attached hydrogens (tertiary/aromatic N) is 1. The summed E-state index contributed by atoms with van der Waals surface area (Å²) >= 11 is 0. The van der Waals surface area contributed by atoms with Gasteiger partial charge in [-0.1, -0.05) is 0 Å². The number of sulfonamides is 1. The predicted octanol–water partition coefficient (Wildman–Crippen LogP) is 1.96. The smallest absolute Gasteiger partial charge is 0.266 e. The quantitative estimate of drug-likeness (QED) is 0.654. The molecule has 0 radical (unpaired) electrons. The van der Waals surface area contributed by atoms with Crippen molar-refractivity contribution < 1.29 is 22.6 Å². The molecule has 1 aromatic heterocycles. The molecule has 0 amide bonds. The third kappa shape index (κ3) is 4.97. The Hall–Kier alpha value is -2.52. The average molecular weight is 367 g/mol. The second-order valence-corrected chi connectivity index (χ2v) is 6.62. The van der Waals surface area contributed by atoms with Gasteiger partial charge in [0.25, 0.3) is 10.0 Å². The number of rotatable bonds is 9. The Morgan fingerprint density at radius 1 is 1.08 bits per heavy atom. The Kier molecular flexibility index (Phi) is 6.43. The molecule has 9 heteroatoms. The molecule has 0 aliphatic rings. The van der Waals surface area contributed by atoms with E-state index < -0.39 is 10.0 Å². The predicted molar refractivity (Wildman–Crippen MR) is 95.0 cm³/mol. The highest BCUT2D eigenvalue weighted by molar-refractivity contribution is 7.92. The van der Waals surface area contributed by atoms with Gasteiger partial charge in [0.1, 0.15) is 22.2 Å². The van der Waals surface area contributed by atoms with Crippen molar-refractivity contribution in [3.8, 4) is 11.5 Å². The summed E-state index contributed by atoms with van der Waals surface area (Å²) in [5.74, 6) is 0.820. The molecular weight excluding hydrogens is 346 g/mol. The monoisotopic (exact) mass is 367 g/mol. The number of hydrogen-bond acceptors (Lipinski definition) is 7. The van der Waals surface area contributed by atoms with Crippen molar-refractivity contribution in [3.05, 3.63) is 36.5 Å². The summed E-state index contributed by atoms with van der Waals surface area (Å²) in [7, 11) is 0.599. The number of nitrogens with one attached hydrogen (secondary N) is 2. The standard InChI is InChI=1S/C16H21N3O5S/c1-22-9-8-17-12-4-7-16(18-11-12)19-25(20,21)15-10-13(23-2)5-6-14(15)24-3/h4-7,10-11,17H,8-9H2,1-3H3,(H,18,19). The Morgan fingerprint density at radius 3 is 2.48 bits per heavy atom. The fourth-order valence-electron chi connectivity index (χ4n) is 2.04. The third-order valence-corrected chi connectivity index (χ3v) is 4.67. The highest BCUT2D eigenvalue weighted by atomic mass is 32.2. The normalized spacial score (nSPS) is 11.0. The molecule has 0 fully saturated rings. The zero-order chi connectivity index (χ0) is 18.3. The zero-order valence-electron chi connectivity index (χ0n) is 14.3. The number of aromatic nitrogens is 1. The molecule has 25 heavy (non-hydrogen) atoms. The SMILES string of the molecule is COCCNc1ccc(NS(=O)(=O)c2cc(OC)ccc2OC)nc1. The molecule has 0 aliphatic heterocycles. The molecule has 0 atom stereocenters. The van der Waals surface area contributed by atoms with Gasteiger partial charge < -0.3 is 19.5 Å². The van der Waals surface area contributed by atoms with E-state index in [2.05, 4.69) is 15.0 Å². The molecule has 1 heterocycles. The van der Waals surface area contributed by atoms with Crippen LogP contribution in [0.15, 0.2) is 41.4 Å². The van der Waals surface area contributed by atoms with Crippen LogP contribution in [-0.2, 0) is 14.8 Å². The van der Waals surface area contributed by atoms with E-state index in [4.69, 9.17) is 14.2 Å². The van der Waals surface area contributed by atoms with Crippen LogP contribution < -0.4 is 19.5 Å². The molecule has 0 spiro atoms. The molecule has 2 rings (SSSR count). The maximum atomic E-state index is 12.6. The van der Waals surface area contributed by atoms with Crippen LogP contribution in [0.25, 0.3) is 0 Å². The zero-order valence-corrected chi connectivity index (χ0v) is 15.1. The van der Waals surface area contributed by atoms with Crippen molar-refractivity contribution in [1.82, 2.24) is 4.98 Å². The Morgan fingerprint density at radius 2 is 1.88 bits per heavy atom. The van der Waals surface area contributed by atoms with Crippen LogP contribution in [0.3, 0.4) is 0 Å². The van der Waals surface area contributed by atoms with Gasteiger partial charge in [-0.25, -0.2) is 13.4 Å². The molecule has 136 valence electrons. The van der Waals surface area contributed by atoms with Crippen molar-refractivity contribution in [1.29, 1.82) is 0 Å². The van der Waals surface area contributed by atoms with Gasteiger partial charge in [0.05, 0.1) is 32.7 Å². The Balaban J connectivity index is 2.18. The third-order valence-electron chi connectivity index (χ3n) is 3.30. The average Bonchev–Trinajstić information content (AvgIpc) is 2.62. The Labute approximate surface area is 147 Å². The topological polar surface area (TPSA) is 98.8 Å². The highest BCUT2D eigenvalue weighted by Crippen LogP contribution is 2.29. The lowest BCUT2D eigenvalue weighted by atomic mass is 10.3. The van der Waals surface area contributed by atoms with Crippen LogP contribution in [-0.4, -0.2) is 47.9 Å². The van der Waals surface area contributed by atoms with Crippen molar-refractivity contribution >= 4 is 21.5 Å². The maximum absolute atomic E-state index is 12.6. The van der Waals surface area contributed by atoms with Gasteiger partial charge in [-0.15, -0.1) is 0 Å². The van der Waals surface area contributed by atoms with E-state index in [0.717, 1.165) is 5.69 Å². The van der Waals surface area contributed by atoms with Crippen molar-refractivity contribution in [2.75, 3.05) is 44.5 Å². The number of anilines is 2. The lowest BCUT2D eigenvalue weighted by Gasteiger charge is -2.13. The first-order valence-corrected chi connectivity index (χ1v) is 8.92. The molecule has 8 nitrogen and oxygen atoms in total. The van der Waals surface area contributed by atoms with E-state index in [-0.39, 0.29) is 16.5 Å². The largest absolute Gasteiger partial charge is 0.497 e. The first kappa shape index (κ1) is 18.8. The maximum Gasteiger partial charge on any atom is 0.266 e. The fraction of sp³-hybridized carbons (Fsp3) is 0.312. The van der Waals surface area contributed by atoms with Crippen LogP contribution in [0.1, 0.15) is 0 Å². The minimum absolute atomic E-state index is 0.0292. The van der Waals surface area contributed by atoms with Gasteiger partial charge in [-0.2, -0.15) is 0 Å². The van der Waals surface area contributed by atoms with Crippen molar-refractivity contribution in [2.24, 2.45) is 0 Å². The van der Waals surface area contributed by atoms with E-state index in [9.17, 15) is 8.42 Å². The lowest BCUT2D eigenvalue weighted by molar-refractivity contribution is 0.211. The van der Waals surface area contributed by atoms with Gasteiger partial charge in [-0.3, -0.25) is 4.72 Å². The molecule has 0 aliphatic carbocycles. The van der Waals surface area contributed by atoms with Crippen LogP contribution in [0.2, 0.25) is 0 Å². The van der Waals surface area contributed by atoms with E-state index in [1.807, 2.05) is 0 Å². The van der Waals surface area contributed by atoms with E-state index in [1.165, 1.54) is 32.5 Å². The molecule has 1 aromatic carbocycles. The molecule has 0 saturated heterocycles. The molecule has 2 N–H and O–H groups in total. The second-order valence-electron chi connectivity index (χ2n) is 4.97. The number of methoxy groups -OCH3 is 3. The summed E-state index contributed by atoms with van der Waals surface area (Å²) < 4.78 is 42.8. The number of ether oxygens (including phenoxy) is 3. The molecule has 0 saturated carbocycles. The summed E-state index contributed by atoms with van der Waals surface area (Å²) in [5.41, 5.74) is 0.763. The van der Waals surface area contributed by atoms with E-state index >= 15 is 0 Å². The summed E-state index contributed by atoms with van der Waals surface area (Å²) in [6.45, 7) is 1.19. The minimum Gasteiger partial charge on any atom is -0.497 e.